The number of nitrogens with zero attached hydrogens (tertiary/aromatic N) is 1. The highest BCUT2D eigenvalue weighted by atomic mass is 35.5. The van der Waals surface area contributed by atoms with E-state index >= 15 is 0 Å². The highest BCUT2D eigenvalue weighted by Crippen LogP contribution is 2.15. The van der Waals surface area contributed by atoms with Gasteiger partial charge in [-0.3, -0.25) is 4.79 Å². The molecule has 0 aliphatic heterocycles. The molecule has 0 radical (unpaired) electrons. The summed E-state index contributed by atoms with van der Waals surface area (Å²) >= 11 is 0. The van der Waals surface area contributed by atoms with E-state index in [2.05, 4.69) is 4.98 Å². The van der Waals surface area contributed by atoms with Crippen LogP contribution in [-0.2, 0) is 0 Å². The minimum absolute atomic E-state index is 0. The van der Waals surface area contributed by atoms with Gasteiger partial charge >= 0.3 is 0 Å². The maximum Gasteiger partial charge on any atom is 0.284 e. The molecule has 0 bridgehead atoms. The first-order valence-electron chi connectivity index (χ1n) is 3.42. The average molecular weight is 199 g/mol. The summed E-state index contributed by atoms with van der Waals surface area (Å²) in [6.07, 6.45) is 1.59. The number of primary amides is 1. The lowest BCUT2D eigenvalue weighted by atomic mass is 10.3. The van der Waals surface area contributed by atoms with Crippen LogP contribution in [0, 0.1) is 0 Å². The number of carbonyl (C=O) groups is 1. The molecule has 2 heterocycles. The molecule has 5 heteroatoms. The Morgan fingerprint density at radius 2 is 2.31 bits per heavy atom. The summed E-state index contributed by atoms with van der Waals surface area (Å²) in [5.74, 6) is -0.434. The number of halogens is 1. The monoisotopic (exact) mass is 198 g/mol. The molecule has 0 aliphatic rings. The largest absolute Gasteiger partial charge is 0.433 e. The Bertz CT molecular complexity index is 405. The van der Waals surface area contributed by atoms with Crippen molar-refractivity contribution in [1.29, 1.82) is 0 Å². The first-order valence-corrected chi connectivity index (χ1v) is 3.42. The number of rotatable bonds is 1. The highest BCUT2D eigenvalue weighted by Gasteiger charge is 2.07. The summed E-state index contributed by atoms with van der Waals surface area (Å²) in [7, 11) is 0. The van der Waals surface area contributed by atoms with Gasteiger partial charge < -0.3 is 10.2 Å². The van der Waals surface area contributed by atoms with Crippen molar-refractivity contribution in [3.63, 3.8) is 0 Å². The molecule has 0 saturated heterocycles. The minimum Gasteiger partial charge on any atom is -0.433 e. The molecule has 1 amide bonds. The van der Waals surface area contributed by atoms with Crippen LogP contribution in [0.5, 0.6) is 0 Å². The molecule has 2 aromatic heterocycles. The number of fused-ring (bicyclic) bond motifs is 1. The van der Waals surface area contributed by atoms with Gasteiger partial charge in [-0.05, 0) is 18.2 Å². The molecule has 0 spiro atoms. The molecule has 68 valence electrons. The van der Waals surface area contributed by atoms with Gasteiger partial charge in [0.05, 0.1) is 0 Å². The van der Waals surface area contributed by atoms with Crippen LogP contribution in [0.15, 0.2) is 28.8 Å². The predicted octanol–water partition coefficient (Wildman–Crippen LogP) is 1.35. The van der Waals surface area contributed by atoms with Crippen LogP contribution >= 0.6 is 12.4 Å². The first kappa shape index (κ1) is 9.54. The molecule has 13 heavy (non-hydrogen) atoms. The smallest absolute Gasteiger partial charge is 0.284 e. The summed E-state index contributed by atoms with van der Waals surface area (Å²) in [5.41, 5.74) is 5.45. The topological polar surface area (TPSA) is 69.1 Å². The fourth-order valence-electron chi connectivity index (χ4n) is 0.995. The van der Waals surface area contributed by atoms with Crippen molar-refractivity contribution in [3.8, 4) is 0 Å². The maximum atomic E-state index is 10.7. The third-order valence-corrected chi connectivity index (χ3v) is 1.54. The number of furan rings is 1. The number of nitrogens with two attached hydrogens (primary N) is 1. The van der Waals surface area contributed by atoms with Gasteiger partial charge in [-0.25, -0.2) is 4.98 Å². The number of amides is 1. The van der Waals surface area contributed by atoms with E-state index in [9.17, 15) is 4.79 Å². The number of hydrogen-bond donors (Lipinski definition) is 1. The molecular formula is C8H7ClN2O2. The van der Waals surface area contributed by atoms with Crippen molar-refractivity contribution in [2.75, 3.05) is 0 Å². The van der Waals surface area contributed by atoms with E-state index in [1.807, 2.05) is 0 Å². The Balaban J connectivity index is 0.000000845. The second-order valence-electron chi connectivity index (χ2n) is 2.37. The van der Waals surface area contributed by atoms with Crippen LogP contribution in [0.4, 0.5) is 0 Å². The number of pyridine rings is 1. The van der Waals surface area contributed by atoms with Crippen molar-refractivity contribution in [1.82, 2.24) is 4.98 Å². The maximum absolute atomic E-state index is 10.7. The van der Waals surface area contributed by atoms with E-state index in [0.717, 1.165) is 5.39 Å². The van der Waals surface area contributed by atoms with Crippen molar-refractivity contribution < 1.29 is 9.21 Å². The molecule has 0 atom stereocenters. The van der Waals surface area contributed by atoms with Gasteiger partial charge in [0.2, 0.25) is 5.71 Å². The highest BCUT2D eigenvalue weighted by molar-refractivity contribution is 5.94. The Morgan fingerprint density at radius 3 is 2.92 bits per heavy atom. The molecule has 0 aliphatic carbocycles. The lowest BCUT2D eigenvalue weighted by Crippen LogP contribution is -2.08. The summed E-state index contributed by atoms with van der Waals surface area (Å²) in [6, 6.07) is 5.14. The number of aromatic nitrogens is 1. The van der Waals surface area contributed by atoms with Crippen LogP contribution in [-0.4, -0.2) is 10.9 Å². The third kappa shape index (κ3) is 1.62. The van der Waals surface area contributed by atoms with Gasteiger partial charge in [-0.15, -0.1) is 12.4 Å². The van der Waals surface area contributed by atoms with Gasteiger partial charge in [0.15, 0.2) is 5.76 Å². The molecule has 0 saturated carbocycles. The van der Waals surface area contributed by atoms with E-state index in [-0.39, 0.29) is 18.2 Å². The second kappa shape index (κ2) is 3.45. The SMILES string of the molecule is Cl.NC(=O)c1cc2cccnc2o1. The number of carbonyl (C=O) groups excluding carboxylic acids is 1. The van der Waals surface area contributed by atoms with E-state index in [0.29, 0.717) is 5.71 Å². The average Bonchev–Trinajstić information content (AvgIpc) is 2.46. The lowest BCUT2D eigenvalue weighted by molar-refractivity contribution is 0.0975. The summed E-state index contributed by atoms with van der Waals surface area (Å²) in [6.45, 7) is 0. The molecule has 4 nitrogen and oxygen atoms in total. The zero-order chi connectivity index (χ0) is 8.55. The fourth-order valence-corrected chi connectivity index (χ4v) is 0.995. The summed E-state index contributed by atoms with van der Waals surface area (Å²) < 4.78 is 5.04. The minimum atomic E-state index is -0.576. The zero-order valence-corrected chi connectivity index (χ0v) is 7.38. The van der Waals surface area contributed by atoms with Crippen molar-refractivity contribution in [2.45, 2.75) is 0 Å². The standard InChI is InChI=1S/C8H6N2O2.ClH/c9-7(11)6-4-5-2-1-3-10-8(5)12-6;/h1-4H,(H2,9,11);1H. The first-order chi connectivity index (χ1) is 5.77. The lowest BCUT2D eigenvalue weighted by Gasteiger charge is -1.83. The predicted molar refractivity (Wildman–Crippen MR) is 49.8 cm³/mol. The Morgan fingerprint density at radius 1 is 1.54 bits per heavy atom. The van der Waals surface area contributed by atoms with E-state index in [4.69, 9.17) is 10.2 Å². The number of hydrogen-bond acceptors (Lipinski definition) is 3. The molecule has 2 N–H and O–H groups in total. The molecule has 2 rings (SSSR count). The van der Waals surface area contributed by atoms with Crippen LogP contribution in [0.1, 0.15) is 10.6 Å². The van der Waals surface area contributed by atoms with Crippen molar-refractivity contribution in [2.24, 2.45) is 5.73 Å². The Hall–Kier alpha value is -1.55. The molecular weight excluding hydrogens is 192 g/mol. The molecule has 0 fully saturated rings. The quantitative estimate of drug-likeness (QED) is 0.752. The van der Waals surface area contributed by atoms with Crippen LogP contribution in [0.2, 0.25) is 0 Å². The van der Waals surface area contributed by atoms with E-state index in [1.54, 1.807) is 24.4 Å². The van der Waals surface area contributed by atoms with Gasteiger partial charge in [-0.2, -0.15) is 0 Å². The summed E-state index contributed by atoms with van der Waals surface area (Å²) in [5, 5.41) is 0.784. The van der Waals surface area contributed by atoms with Gasteiger partial charge in [0.25, 0.3) is 5.91 Å². The van der Waals surface area contributed by atoms with Crippen LogP contribution < -0.4 is 5.73 Å². The van der Waals surface area contributed by atoms with Crippen LogP contribution in [0.25, 0.3) is 11.1 Å². The van der Waals surface area contributed by atoms with Gasteiger partial charge in [0, 0.05) is 11.6 Å². The van der Waals surface area contributed by atoms with E-state index < -0.39 is 5.91 Å². The fraction of sp³-hybridized carbons (Fsp3) is 0. The summed E-state index contributed by atoms with van der Waals surface area (Å²) in [4.78, 5) is 14.6. The van der Waals surface area contributed by atoms with Gasteiger partial charge in [-0.1, -0.05) is 0 Å². The normalized spacial score (nSPS) is 9.54. The third-order valence-electron chi connectivity index (χ3n) is 1.54. The Labute approximate surface area is 80.1 Å². The van der Waals surface area contributed by atoms with Crippen molar-refractivity contribution in [3.05, 3.63) is 30.2 Å². The van der Waals surface area contributed by atoms with Crippen LogP contribution in [0.3, 0.4) is 0 Å². The molecule has 0 aromatic carbocycles. The van der Waals surface area contributed by atoms with Gasteiger partial charge in [0.1, 0.15) is 0 Å². The van der Waals surface area contributed by atoms with Crippen molar-refractivity contribution >= 4 is 29.4 Å². The molecule has 0 unspecified atom stereocenters. The zero-order valence-electron chi connectivity index (χ0n) is 6.56. The second-order valence-corrected chi connectivity index (χ2v) is 2.37. The van der Waals surface area contributed by atoms with E-state index in [1.165, 1.54) is 0 Å². The molecule has 2 aromatic rings. The Kier molecular flexibility index (Phi) is 2.53.